The van der Waals surface area contributed by atoms with Gasteiger partial charge in [0.1, 0.15) is 10.6 Å². The van der Waals surface area contributed by atoms with Gasteiger partial charge < -0.3 is 8.92 Å². The molecule has 0 N–H and O–H groups in total. The molecule has 2 aromatic carbocycles. The van der Waals surface area contributed by atoms with Gasteiger partial charge in [0.25, 0.3) is 0 Å². The highest BCUT2D eigenvalue weighted by Gasteiger charge is 2.31. The Labute approximate surface area is 135 Å². The van der Waals surface area contributed by atoms with Gasteiger partial charge in [0.2, 0.25) is 0 Å². The van der Waals surface area contributed by atoms with Gasteiger partial charge in [0.05, 0.1) is 18.2 Å². The number of alkyl halides is 3. The van der Waals surface area contributed by atoms with Crippen LogP contribution in [0.2, 0.25) is 0 Å². The zero-order chi connectivity index (χ0) is 18.0. The summed E-state index contributed by atoms with van der Waals surface area (Å²) in [6.07, 6.45) is -4.63. The minimum atomic E-state index is -4.63. The number of esters is 1. The van der Waals surface area contributed by atoms with Crippen molar-refractivity contribution in [2.75, 3.05) is 7.11 Å². The minimum Gasteiger partial charge on any atom is -0.465 e. The van der Waals surface area contributed by atoms with Crippen LogP contribution in [-0.2, 0) is 21.0 Å². The molecule has 0 spiro atoms. The van der Waals surface area contributed by atoms with Gasteiger partial charge in [0, 0.05) is 0 Å². The maximum Gasteiger partial charge on any atom is 0.416 e. The Bertz CT molecular complexity index is 859. The second-order valence-electron chi connectivity index (χ2n) is 4.58. The number of carbonyl (C=O) groups is 1. The van der Waals surface area contributed by atoms with Crippen molar-refractivity contribution in [3.8, 4) is 5.75 Å². The van der Waals surface area contributed by atoms with Crippen LogP contribution in [0.5, 0.6) is 5.75 Å². The summed E-state index contributed by atoms with van der Waals surface area (Å²) in [6, 6.07) is 8.24. The van der Waals surface area contributed by atoms with E-state index in [0.717, 1.165) is 37.4 Å². The van der Waals surface area contributed by atoms with Crippen LogP contribution in [0.3, 0.4) is 0 Å². The third-order valence-corrected chi connectivity index (χ3v) is 4.15. The zero-order valence-corrected chi connectivity index (χ0v) is 13.0. The van der Waals surface area contributed by atoms with Crippen molar-refractivity contribution in [2.45, 2.75) is 11.1 Å². The second-order valence-corrected chi connectivity index (χ2v) is 6.13. The van der Waals surface area contributed by atoms with Crippen molar-refractivity contribution < 1.29 is 35.3 Å². The fraction of sp³-hybridized carbons (Fsp3) is 0.133. The Kier molecular flexibility index (Phi) is 4.83. The topological polar surface area (TPSA) is 69.7 Å². The van der Waals surface area contributed by atoms with Crippen molar-refractivity contribution in [2.24, 2.45) is 0 Å². The Morgan fingerprint density at radius 1 is 1.04 bits per heavy atom. The molecule has 0 heterocycles. The van der Waals surface area contributed by atoms with E-state index >= 15 is 0 Å². The van der Waals surface area contributed by atoms with Crippen molar-refractivity contribution >= 4 is 16.1 Å². The van der Waals surface area contributed by atoms with Crippen LogP contribution in [-0.4, -0.2) is 21.5 Å². The molecule has 5 nitrogen and oxygen atoms in total. The molecule has 0 aliphatic carbocycles. The summed E-state index contributed by atoms with van der Waals surface area (Å²) < 4.78 is 71.5. The number of carbonyl (C=O) groups excluding carboxylic acids is 1. The molecule has 2 rings (SSSR count). The number of hydrogen-bond acceptors (Lipinski definition) is 5. The van der Waals surface area contributed by atoms with Gasteiger partial charge in [-0.1, -0.05) is 12.1 Å². The molecule has 24 heavy (non-hydrogen) atoms. The van der Waals surface area contributed by atoms with Crippen molar-refractivity contribution in [3.05, 3.63) is 59.7 Å². The molecule has 0 unspecified atom stereocenters. The third-order valence-electron chi connectivity index (χ3n) is 2.91. The molecule has 0 amide bonds. The van der Waals surface area contributed by atoms with Crippen LogP contribution in [0.25, 0.3) is 0 Å². The first-order chi connectivity index (χ1) is 11.1. The molecular weight excluding hydrogens is 349 g/mol. The fourth-order valence-electron chi connectivity index (χ4n) is 1.80. The minimum absolute atomic E-state index is 0.0359. The highest BCUT2D eigenvalue weighted by molar-refractivity contribution is 7.87. The molecule has 0 fully saturated rings. The molecule has 0 aliphatic heterocycles. The largest absolute Gasteiger partial charge is 0.465 e. The molecule has 0 saturated heterocycles. The molecule has 0 aromatic heterocycles. The lowest BCUT2D eigenvalue weighted by Gasteiger charge is -2.10. The first kappa shape index (κ1) is 17.8. The fourth-order valence-corrected chi connectivity index (χ4v) is 2.77. The van der Waals surface area contributed by atoms with Crippen LogP contribution < -0.4 is 4.18 Å². The number of halogens is 3. The number of hydrogen-bond donors (Lipinski definition) is 0. The molecule has 0 saturated carbocycles. The monoisotopic (exact) mass is 360 g/mol. The lowest BCUT2D eigenvalue weighted by Crippen LogP contribution is -2.12. The second kappa shape index (κ2) is 6.52. The van der Waals surface area contributed by atoms with E-state index in [1.54, 1.807) is 0 Å². The van der Waals surface area contributed by atoms with Gasteiger partial charge in [-0.15, -0.1) is 0 Å². The lowest BCUT2D eigenvalue weighted by atomic mass is 10.2. The Balaban J connectivity index is 2.34. The predicted molar refractivity (Wildman–Crippen MR) is 77.0 cm³/mol. The van der Waals surface area contributed by atoms with E-state index < -0.39 is 33.6 Å². The standard InChI is InChI=1S/C15H11F3O5S/c1-22-14(19)10-4-2-7-13(8-10)24(20,21)23-12-6-3-5-11(9-12)15(16,17)18/h2-9H,1H3. The summed E-state index contributed by atoms with van der Waals surface area (Å²) in [4.78, 5) is 11.0. The van der Waals surface area contributed by atoms with Crippen LogP contribution in [0, 0.1) is 0 Å². The maximum absolute atomic E-state index is 12.6. The Hall–Kier alpha value is -2.55. The SMILES string of the molecule is COC(=O)c1cccc(S(=O)(=O)Oc2cccc(C(F)(F)F)c2)c1. The average molecular weight is 360 g/mol. The van der Waals surface area contributed by atoms with E-state index in [2.05, 4.69) is 4.74 Å². The zero-order valence-electron chi connectivity index (χ0n) is 12.2. The summed E-state index contributed by atoms with van der Waals surface area (Å²) >= 11 is 0. The third kappa shape index (κ3) is 4.05. The first-order valence-electron chi connectivity index (χ1n) is 6.43. The molecule has 128 valence electrons. The summed E-state index contributed by atoms with van der Waals surface area (Å²) in [5.74, 6) is -1.25. The number of rotatable bonds is 4. The van der Waals surface area contributed by atoms with Crippen molar-refractivity contribution in [3.63, 3.8) is 0 Å². The highest BCUT2D eigenvalue weighted by atomic mass is 32.2. The molecule has 0 bridgehead atoms. The van der Waals surface area contributed by atoms with Gasteiger partial charge in [-0.25, -0.2) is 4.79 Å². The van der Waals surface area contributed by atoms with Gasteiger partial charge in [-0.05, 0) is 36.4 Å². The van der Waals surface area contributed by atoms with Gasteiger partial charge in [-0.2, -0.15) is 21.6 Å². The molecule has 0 atom stereocenters. The predicted octanol–water partition coefficient (Wildman–Crippen LogP) is 3.26. The maximum atomic E-state index is 12.6. The summed E-state index contributed by atoms with van der Waals surface area (Å²) in [5, 5.41) is 0. The highest BCUT2D eigenvalue weighted by Crippen LogP contribution is 2.32. The van der Waals surface area contributed by atoms with Gasteiger partial charge >= 0.3 is 22.3 Å². The molecule has 9 heteroatoms. The number of benzene rings is 2. The first-order valence-corrected chi connectivity index (χ1v) is 7.84. The van der Waals surface area contributed by atoms with E-state index in [0.29, 0.717) is 6.07 Å². The van der Waals surface area contributed by atoms with Crippen molar-refractivity contribution in [1.29, 1.82) is 0 Å². The van der Waals surface area contributed by atoms with E-state index in [1.165, 1.54) is 12.1 Å². The van der Waals surface area contributed by atoms with Crippen LogP contribution in [0.1, 0.15) is 15.9 Å². The van der Waals surface area contributed by atoms with E-state index in [1.807, 2.05) is 0 Å². The van der Waals surface area contributed by atoms with Crippen LogP contribution in [0.15, 0.2) is 53.4 Å². The van der Waals surface area contributed by atoms with E-state index in [-0.39, 0.29) is 10.5 Å². The van der Waals surface area contributed by atoms with Crippen molar-refractivity contribution in [1.82, 2.24) is 0 Å². The van der Waals surface area contributed by atoms with E-state index in [9.17, 15) is 26.4 Å². The summed E-state index contributed by atoms with van der Waals surface area (Å²) in [7, 11) is -3.29. The van der Waals surface area contributed by atoms with Crippen LogP contribution in [0.4, 0.5) is 13.2 Å². The number of ether oxygens (including phenoxy) is 1. The van der Waals surface area contributed by atoms with Gasteiger partial charge in [0.15, 0.2) is 0 Å². The molecule has 0 aliphatic rings. The smallest absolute Gasteiger partial charge is 0.416 e. The average Bonchev–Trinajstić information content (AvgIpc) is 2.53. The molecule has 0 radical (unpaired) electrons. The lowest BCUT2D eigenvalue weighted by molar-refractivity contribution is -0.137. The normalized spacial score (nSPS) is 11.8. The van der Waals surface area contributed by atoms with E-state index in [4.69, 9.17) is 4.18 Å². The molecular formula is C15H11F3O5S. The quantitative estimate of drug-likeness (QED) is 0.618. The van der Waals surface area contributed by atoms with Gasteiger partial charge in [-0.3, -0.25) is 0 Å². The Morgan fingerprint density at radius 2 is 1.71 bits per heavy atom. The van der Waals surface area contributed by atoms with Crippen LogP contribution >= 0.6 is 0 Å². The molecule has 2 aromatic rings. The summed E-state index contributed by atoms with van der Waals surface area (Å²) in [5.41, 5.74) is -1.08. The Morgan fingerprint density at radius 3 is 2.33 bits per heavy atom. The summed E-state index contributed by atoms with van der Waals surface area (Å²) in [6.45, 7) is 0. The number of methoxy groups -OCH3 is 1.